The number of carbonyl (C=O) groups excluding carboxylic acids is 1. The third-order valence-corrected chi connectivity index (χ3v) is 4.34. The van der Waals surface area contributed by atoms with Crippen molar-refractivity contribution in [1.29, 1.82) is 0 Å². The molecule has 0 aliphatic rings. The second-order valence-electron chi connectivity index (χ2n) is 5.70. The first kappa shape index (κ1) is 16.4. The van der Waals surface area contributed by atoms with Gasteiger partial charge < -0.3 is 5.11 Å². The summed E-state index contributed by atoms with van der Waals surface area (Å²) in [6, 6.07) is 25.2. The largest absolute Gasteiger partial charge is 0.380 e. The maximum Gasteiger partial charge on any atom is 0.166 e. The van der Waals surface area contributed by atoms with Gasteiger partial charge in [0.05, 0.1) is 0 Å². The highest BCUT2D eigenvalue weighted by molar-refractivity contribution is 6.30. The van der Waals surface area contributed by atoms with E-state index in [1.807, 2.05) is 48.5 Å². The number of benzene rings is 3. The van der Waals surface area contributed by atoms with Gasteiger partial charge in [0.25, 0.3) is 0 Å². The molecule has 1 N–H and O–H groups in total. The highest BCUT2D eigenvalue weighted by Crippen LogP contribution is 2.34. The minimum absolute atomic E-state index is 0.0390. The number of hydrogen-bond acceptors (Lipinski definition) is 2. The van der Waals surface area contributed by atoms with E-state index in [0.29, 0.717) is 21.7 Å². The predicted molar refractivity (Wildman–Crippen MR) is 96.3 cm³/mol. The van der Waals surface area contributed by atoms with Crippen LogP contribution in [-0.2, 0) is 5.60 Å². The van der Waals surface area contributed by atoms with Crippen molar-refractivity contribution in [2.24, 2.45) is 0 Å². The molecule has 1 atom stereocenters. The van der Waals surface area contributed by atoms with E-state index in [1.54, 1.807) is 36.4 Å². The highest BCUT2D eigenvalue weighted by Gasteiger charge is 2.34. The molecular weight excluding hydrogens is 320 g/mol. The van der Waals surface area contributed by atoms with Crippen molar-refractivity contribution in [2.75, 3.05) is 0 Å². The molecule has 0 saturated heterocycles. The van der Waals surface area contributed by atoms with E-state index in [-0.39, 0.29) is 12.2 Å². The lowest BCUT2D eigenvalue weighted by molar-refractivity contribution is 0.0583. The van der Waals surface area contributed by atoms with Crippen LogP contribution in [0.1, 0.15) is 27.9 Å². The lowest BCUT2D eigenvalue weighted by atomic mass is 9.81. The van der Waals surface area contributed by atoms with Crippen molar-refractivity contribution < 1.29 is 9.90 Å². The van der Waals surface area contributed by atoms with Crippen LogP contribution in [0.2, 0.25) is 5.02 Å². The van der Waals surface area contributed by atoms with Crippen LogP contribution in [0, 0.1) is 0 Å². The zero-order valence-corrected chi connectivity index (χ0v) is 13.8. The third-order valence-electron chi connectivity index (χ3n) is 4.09. The maximum absolute atomic E-state index is 12.7. The number of carbonyl (C=O) groups is 1. The van der Waals surface area contributed by atoms with Crippen molar-refractivity contribution in [3.8, 4) is 0 Å². The van der Waals surface area contributed by atoms with Crippen molar-refractivity contribution in [2.45, 2.75) is 12.0 Å². The molecule has 120 valence electrons. The van der Waals surface area contributed by atoms with Gasteiger partial charge in [-0.1, -0.05) is 84.4 Å². The fourth-order valence-corrected chi connectivity index (χ4v) is 2.89. The summed E-state index contributed by atoms with van der Waals surface area (Å²) >= 11 is 5.96. The average molecular weight is 337 g/mol. The molecule has 1 unspecified atom stereocenters. The average Bonchev–Trinajstić information content (AvgIpc) is 2.63. The van der Waals surface area contributed by atoms with Crippen molar-refractivity contribution in [3.63, 3.8) is 0 Å². The van der Waals surface area contributed by atoms with E-state index in [0.717, 1.165) is 0 Å². The summed E-state index contributed by atoms with van der Waals surface area (Å²) in [5.41, 5.74) is 0.499. The Bertz CT molecular complexity index is 813. The van der Waals surface area contributed by atoms with Crippen molar-refractivity contribution >= 4 is 17.4 Å². The van der Waals surface area contributed by atoms with Gasteiger partial charge in [0.1, 0.15) is 5.60 Å². The zero-order valence-electron chi connectivity index (χ0n) is 13.0. The van der Waals surface area contributed by atoms with E-state index in [4.69, 9.17) is 11.6 Å². The maximum atomic E-state index is 12.7. The topological polar surface area (TPSA) is 37.3 Å². The van der Waals surface area contributed by atoms with Crippen LogP contribution >= 0.6 is 11.6 Å². The summed E-state index contributed by atoms with van der Waals surface area (Å²) < 4.78 is 0. The molecule has 24 heavy (non-hydrogen) atoms. The quantitative estimate of drug-likeness (QED) is 0.676. The van der Waals surface area contributed by atoms with E-state index in [9.17, 15) is 9.90 Å². The zero-order chi connectivity index (χ0) is 17.0. The third kappa shape index (κ3) is 3.40. The number of aliphatic hydroxyl groups is 1. The molecule has 0 aliphatic heterocycles. The van der Waals surface area contributed by atoms with Gasteiger partial charge in [-0.2, -0.15) is 0 Å². The van der Waals surface area contributed by atoms with Crippen LogP contribution in [0.25, 0.3) is 0 Å². The molecule has 0 bridgehead atoms. The number of Topliss-reactive ketones (excluding diaryl/α,β-unsaturated/α-hetero) is 1. The molecule has 0 aliphatic carbocycles. The summed E-state index contributed by atoms with van der Waals surface area (Å²) in [6.45, 7) is 0. The monoisotopic (exact) mass is 336 g/mol. The standard InChI is InChI=1S/C21H17ClO2/c22-19-13-11-18(12-14-19)21(24,17-9-5-2-6-10-17)15-20(23)16-7-3-1-4-8-16/h1-14,24H,15H2. The Morgan fingerprint density at radius 1 is 0.792 bits per heavy atom. The minimum Gasteiger partial charge on any atom is -0.380 e. The van der Waals surface area contributed by atoms with Crippen LogP contribution in [0.15, 0.2) is 84.9 Å². The summed E-state index contributed by atoms with van der Waals surface area (Å²) in [6.07, 6.45) is -0.0390. The Labute approximate surface area is 146 Å². The first-order valence-electron chi connectivity index (χ1n) is 7.72. The molecular formula is C21H17ClO2. The van der Waals surface area contributed by atoms with E-state index >= 15 is 0 Å². The molecule has 3 aromatic carbocycles. The number of ketones is 1. The number of halogens is 1. The Morgan fingerprint density at radius 3 is 1.88 bits per heavy atom. The molecule has 0 aromatic heterocycles. The summed E-state index contributed by atoms with van der Waals surface area (Å²) in [4.78, 5) is 12.7. The summed E-state index contributed by atoms with van der Waals surface area (Å²) in [5, 5.41) is 12.0. The lowest BCUT2D eigenvalue weighted by Crippen LogP contribution is -2.30. The van der Waals surface area contributed by atoms with Crippen LogP contribution in [0.4, 0.5) is 0 Å². The van der Waals surface area contributed by atoms with Gasteiger partial charge in [-0.15, -0.1) is 0 Å². The molecule has 0 amide bonds. The van der Waals surface area contributed by atoms with Crippen LogP contribution in [0.3, 0.4) is 0 Å². The normalized spacial score (nSPS) is 13.2. The molecule has 0 spiro atoms. The molecule has 3 rings (SSSR count). The first-order chi connectivity index (χ1) is 11.6. The molecule has 0 radical (unpaired) electrons. The van der Waals surface area contributed by atoms with Gasteiger partial charge in [0.15, 0.2) is 5.78 Å². The fourth-order valence-electron chi connectivity index (χ4n) is 2.77. The molecule has 3 heteroatoms. The van der Waals surface area contributed by atoms with Gasteiger partial charge in [0.2, 0.25) is 0 Å². The molecule has 0 saturated carbocycles. The first-order valence-corrected chi connectivity index (χ1v) is 8.09. The smallest absolute Gasteiger partial charge is 0.166 e. The fraction of sp³-hybridized carbons (Fsp3) is 0.0952. The Kier molecular flexibility index (Phi) is 4.79. The van der Waals surface area contributed by atoms with Gasteiger partial charge in [-0.3, -0.25) is 4.79 Å². The summed E-state index contributed by atoms with van der Waals surface area (Å²) in [5.74, 6) is -0.114. The van der Waals surface area contributed by atoms with E-state index in [2.05, 4.69) is 0 Å². The summed E-state index contributed by atoms with van der Waals surface area (Å²) in [7, 11) is 0. The van der Waals surface area contributed by atoms with Gasteiger partial charge >= 0.3 is 0 Å². The SMILES string of the molecule is O=C(CC(O)(c1ccccc1)c1ccc(Cl)cc1)c1ccccc1. The lowest BCUT2D eigenvalue weighted by Gasteiger charge is -2.29. The molecule has 0 heterocycles. The van der Waals surface area contributed by atoms with Gasteiger partial charge in [-0.05, 0) is 23.3 Å². The predicted octanol–water partition coefficient (Wildman–Crippen LogP) is 4.85. The highest BCUT2D eigenvalue weighted by atomic mass is 35.5. The Balaban J connectivity index is 2.02. The molecule has 3 aromatic rings. The van der Waals surface area contributed by atoms with E-state index < -0.39 is 5.60 Å². The van der Waals surface area contributed by atoms with Crippen molar-refractivity contribution in [3.05, 3.63) is 107 Å². The van der Waals surface area contributed by atoms with Crippen LogP contribution in [0.5, 0.6) is 0 Å². The van der Waals surface area contributed by atoms with Crippen LogP contribution < -0.4 is 0 Å². The minimum atomic E-state index is -1.40. The van der Waals surface area contributed by atoms with E-state index in [1.165, 1.54) is 0 Å². The second kappa shape index (κ2) is 7.00. The second-order valence-corrected chi connectivity index (χ2v) is 6.14. The number of rotatable bonds is 5. The Morgan fingerprint density at radius 2 is 1.29 bits per heavy atom. The molecule has 2 nitrogen and oxygen atoms in total. The number of hydrogen-bond donors (Lipinski definition) is 1. The van der Waals surface area contributed by atoms with Crippen molar-refractivity contribution in [1.82, 2.24) is 0 Å². The van der Waals surface area contributed by atoms with Gasteiger partial charge in [0, 0.05) is 17.0 Å². The Hall–Kier alpha value is -2.42. The van der Waals surface area contributed by atoms with Crippen LogP contribution in [-0.4, -0.2) is 10.9 Å². The van der Waals surface area contributed by atoms with Gasteiger partial charge in [-0.25, -0.2) is 0 Å². The molecule has 0 fully saturated rings.